The maximum absolute atomic E-state index is 10.1. The third-order valence-corrected chi connectivity index (χ3v) is 0.485. The molecule has 1 amide bonds. The lowest BCUT2D eigenvalue weighted by molar-refractivity contribution is -0.119. The van der Waals surface area contributed by atoms with Crippen molar-refractivity contribution in [2.24, 2.45) is 5.73 Å². The molecule has 0 aromatic rings. The predicted molar refractivity (Wildman–Crippen MR) is 27.8 cm³/mol. The number of hydrogen-bond donors (Lipinski definition) is 2. The molecule has 0 fully saturated rings. The van der Waals surface area contributed by atoms with Crippen molar-refractivity contribution in [2.75, 3.05) is 13.0 Å². The molecule has 3 nitrogen and oxygen atoms in total. The Balaban J connectivity index is 3.00. The maximum atomic E-state index is 10.1. The smallest absolute Gasteiger partial charge is 0.233 e. The standard InChI is InChI=1S/C3H7BN2O/c4-2-6-3(7)1-5/h1-2,5H2,(H,6,7). The summed E-state index contributed by atoms with van der Waals surface area (Å²) in [6, 6.07) is 0. The van der Waals surface area contributed by atoms with Gasteiger partial charge in [-0.2, -0.15) is 0 Å². The fourth-order valence-electron chi connectivity index (χ4n) is 0.186. The van der Waals surface area contributed by atoms with Crippen molar-refractivity contribution in [1.29, 1.82) is 0 Å². The molecule has 4 heteroatoms. The molecule has 0 bridgehead atoms. The highest BCUT2D eigenvalue weighted by Gasteiger charge is 1.88. The van der Waals surface area contributed by atoms with Crippen LogP contribution in [0, 0.1) is 0 Å². The summed E-state index contributed by atoms with van der Waals surface area (Å²) in [5.74, 6) is -0.220. The van der Waals surface area contributed by atoms with Crippen LogP contribution in [0.25, 0.3) is 0 Å². The molecule has 0 aliphatic rings. The molecule has 7 heavy (non-hydrogen) atoms. The number of nitrogens with one attached hydrogen (secondary N) is 1. The van der Waals surface area contributed by atoms with Gasteiger partial charge in [0, 0.05) is 0 Å². The monoisotopic (exact) mass is 98.1 g/mol. The van der Waals surface area contributed by atoms with Crippen LogP contribution in [-0.2, 0) is 4.79 Å². The van der Waals surface area contributed by atoms with Crippen LogP contribution >= 0.6 is 0 Å². The van der Waals surface area contributed by atoms with Gasteiger partial charge in [-0.15, -0.1) is 0 Å². The molecular formula is C3H7BN2O. The summed E-state index contributed by atoms with van der Waals surface area (Å²) in [6.45, 7) is 0.0111. The van der Waals surface area contributed by atoms with Crippen LogP contribution in [-0.4, -0.2) is 26.7 Å². The van der Waals surface area contributed by atoms with Gasteiger partial charge in [0.2, 0.25) is 5.91 Å². The molecule has 0 aliphatic heterocycles. The van der Waals surface area contributed by atoms with Gasteiger partial charge in [-0.1, -0.05) is 0 Å². The average molecular weight is 97.9 g/mol. The van der Waals surface area contributed by atoms with Crippen LogP contribution in [0.5, 0.6) is 0 Å². The highest BCUT2D eigenvalue weighted by atomic mass is 16.1. The van der Waals surface area contributed by atoms with Crippen molar-refractivity contribution in [3.8, 4) is 0 Å². The first kappa shape index (κ1) is 6.49. The van der Waals surface area contributed by atoms with E-state index in [-0.39, 0.29) is 18.9 Å². The van der Waals surface area contributed by atoms with Crippen LogP contribution in [0.1, 0.15) is 0 Å². The van der Waals surface area contributed by atoms with Gasteiger partial charge >= 0.3 is 0 Å². The van der Waals surface area contributed by atoms with Gasteiger partial charge in [-0.25, -0.2) is 0 Å². The van der Waals surface area contributed by atoms with Crippen LogP contribution in [0.4, 0.5) is 0 Å². The Morgan fingerprint density at radius 1 is 1.86 bits per heavy atom. The Morgan fingerprint density at radius 3 is 2.57 bits per heavy atom. The number of carbonyl (C=O) groups is 1. The zero-order valence-corrected chi connectivity index (χ0v) is 3.98. The Morgan fingerprint density at radius 2 is 2.43 bits per heavy atom. The van der Waals surface area contributed by atoms with E-state index in [4.69, 9.17) is 13.6 Å². The van der Waals surface area contributed by atoms with E-state index in [0.717, 1.165) is 0 Å². The number of amides is 1. The van der Waals surface area contributed by atoms with E-state index in [9.17, 15) is 4.79 Å². The van der Waals surface area contributed by atoms with Gasteiger partial charge in [-0.3, -0.25) is 4.79 Å². The molecule has 2 radical (unpaired) electrons. The SMILES string of the molecule is [B]CNC(=O)CN. The van der Waals surface area contributed by atoms with Crippen molar-refractivity contribution in [3.63, 3.8) is 0 Å². The number of hydrogen-bond acceptors (Lipinski definition) is 2. The molecule has 0 saturated heterocycles. The first-order chi connectivity index (χ1) is 3.31. The lowest BCUT2D eigenvalue weighted by Gasteiger charge is -1.94. The number of rotatable bonds is 2. The van der Waals surface area contributed by atoms with Crippen molar-refractivity contribution in [1.82, 2.24) is 5.32 Å². The van der Waals surface area contributed by atoms with Crippen molar-refractivity contribution < 1.29 is 4.79 Å². The van der Waals surface area contributed by atoms with E-state index >= 15 is 0 Å². The molecule has 0 aliphatic carbocycles. The molecule has 0 heterocycles. The van der Waals surface area contributed by atoms with Crippen LogP contribution in [0.2, 0.25) is 0 Å². The second-order valence-corrected chi connectivity index (χ2v) is 1.01. The Bertz CT molecular complexity index is 66.0. The molecule has 3 N–H and O–H groups in total. The third-order valence-electron chi connectivity index (χ3n) is 0.485. The minimum absolute atomic E-state index is 0.0111. The molecular weight excluding hydrogens is 90.9 g/mol. The Hall–Kier alpha value is -0.505. The second-order valence-electron chi connectivity index (χ2n) is 1.01. The lowest BCUT2D eigenvalue weighted by atomic mass is 10.2. The zero-order valence-electron chi connectivity index (χ0n) is 3.98. The molecule has 0 saturated carbocycles. The summed E-state index contributed by atoms with van der Waals surface area (Å²) >= 11 is 0. The van der Waals surface area contributed by atoms with Crippen LogP contribution < -0.4 is 11.1 Å². The van der Waals surface area contributed by atoms with E-state index in [1.807, 2.05) is 0 Å². The van der Waals surface area contributed by atoms with Crippen molar-refractivity contribution in [2.45, 2.75) is 0 Å². The summed E-state index contributed by atoms with van der Waals surface area (Å²) in [5.41, 5.74) is 4.89. The predicted octanol–water partition coefficient (Wildman–Crippen LogP) is -1.81. The van der Waals surface area contributed by atoms with Crippen molar-refractivity contribution >= 4 is 13.8 Å². The molecule has 0 aromatic carbocycles. The fourth-order valence-corrected chi connectivity index (χ4v) is 0.186. The third kappa shape index (κ3) is 3.32. The topological polar surface area (TPSA) is 55.1 Å². The highest BCUT2D eigenvalue weighted by Crippen LogP contribution is 1.51. The molecule has 0 unspecified atom stereocenters. The van der Waals surface area contributed by atoms with Gasteiger partial charge in [0.1, 0.15) is 0 Å². The summed E-state index contributed by atoms with van der Waals surface area (Å²) in [7, 11) is 4.92. The van der Waals surface area contributed by atoms with Gasteiger partial charge in [0.05, 0.1) is 14.4 Å². The van der Waals surface area contributed by atoms with Crippen molar-refractivity contribution in [3.05, 3.63) is 0 Å². The summed E-state index contributed by atoms with van der Waals surface area (Å²) < 4.78 is 0. The lowest BCUT2D eigenvalue weighted by Crippen LogP contribution is -2.30. The normalized spacial score (nSPS) is 8.14. The maximum Gasteiger partial charge on any atom is 0.233 e. The van der Waals surface area contributed by atoms with E-state index in [2.05, 4.69) is 5.32 Å². The summed E-state index contributed by atoms with van der Waals surface area (Å²) in [4.78, 5) is 10.1. The van der Waals surface area contributed by atoms with E-state index in [0.29, 0.717) is 0 Å². The van der Waals surface area contributed by atoms with Gasteiger partial charge in [0.15, 0.2) is 0 Å². The van der Waals surface area contributed by atoms with Gasteiger partial charge in [0.25, 0.3) is 0 Å². The Labute approximate surface area is 43.7 Å². The fraction of sp³-hybridized carbons (Fsp3) is 0.667. The first-order valence-electron chi connectivity index (χ1n) is 1.98. The molecule has 38 valence electrons. The molecule has 0 spiro atoms. The molecule has 0 aromatic heterocycles. The zero-order chi connectivity index (χ0) is 5.70. The second kappa shape index (κ2) is 3.68. The van der Waals surface area contributed by atoms with E-state index < -0.39 is 0 Å². The van der Waals surface area contributed by atoms with Crippen LogP contribution in [0.15, 0.2) is 0 Å². The summed E-state index contributed by atoms with van der Waals surface area (Å²) in [5, 5.41) is 2.31. The number of nitrogens with two attached hydrogens (primary N) is 1. The van der Waals surface area contributed by atoms with E-state index in [1.165, 1.54) is 0 Å². The quantitative estimate of drug-likeness (QED) is 0.400. The minimum atomic E-state index is -0.220. The first-order valence-corrected chi connectivity index (χ1v) is 1.98. The van der Waals surface area contributed by atoms with Gasteiger partial charge in [-0.05, 0) is 6.44 Å². The highest BCUT2D eigenvalue weighted by molar-refractivity contribution is 6.10. The summed E-state index contributed by atoms with van der Waals surface area (Å²) in [6.07, 6.45) is 0.163. The number of carbonyl (C=O) groups excluding carboxylic acids is 1. The minimum Gasteiger partial charge on any atom is -0.364 e. The van der Waals surface area contributed by atoms with E-state index in [1.54, 1.807) is 0 Å². The molecule has 0 rings (SSSR count). The van der Waals surface area contributed by atoms with Gasteiger partial charge < -0.3 is 11.1 Å². The average Bonchev–Trinajstić information content (AvgIpc) is 1.68. The van der Waals surface area contributed by atoms with Crippen LogP contribution in [0.3, 0.4) is 0 Å². The Kier molecular flexibility index (Phi) is 3.41. The largest absolute Gasteiger partial charge is 0.364 e. The molecule has 0 atom stereocenters.